The monoisotopic (exact) mass is 318 g/mol. The lowest BCUT2D eigenvalue weighted by molar-refractivity contribution is -0.131. The molecule has 0 aliphatic heterocycles. The third-order valence-corrected chi connectivity index (χ3v) is 9.21. The van der Waals surface area contributed by atoms with Gasteiger partial charge in [-0.3, -0.25) is 0 Å². The van der Waals surface area contributed by atoms with Gasteiger partial charge in [0.05, 0.1) is 0 Å². The molecule has 4 aliphatic carbocycles. The van der Waals surface area contributed by atoms with E-state index in [2.05, 4.69) is 13.8 Å². The van der Waals surface area contributed by atoms with Crippen molar-refractivity contribution in [3.63, 3.8) is 0 Å². The van der Waals surface area contributed by atoms with Gasteiger partial charge in [-0.15, -0.1) is 0 Å². The van der Waals surface area contributed by atoms with Gasteiger partial charge in [0.2, 0.25) is 0 Å². The van der Waals surface area contributed by atoms with Crippen LogP contribution in [0.2, 0.25) is 0 Å². The third-order valence-electron chi connectivity index (χ3n) is 9.21. The number of aldehydes is 1. The highest BCUT2D eigenvalue weighted by molar-refractivity contribution is 5.56. The van der Waals surface area contributed by atoms with Gasteiger partial charge in [-0.2, -0.15) is 0 Å². The lowest BCUT2D eigenvalue weighted by Crippen LogP contribution is -2.53. The number of carbonyl (C=O) groups is 1. The number of aliphatic hydroxyl groups excluding tert-OH is 1. The molecule has 0 saturated heterocycles. The van der Waals surface area contributed by atoms with Gasteiger partial charge in [0.15, 0.2) is 0 Å². The molecule has 0 radical (unpaired) electrons. The Bertz CT molecular complexity index is 474. The average molecular weight is 319 g/mol. The zero-order valence-electron chi connectivity index (χ0n) is 15.0. The van der Waals surface area contributed by atoms with Gasteiger partial charge < -0.3 is 9.90 Å². The molecule has 0 amide bonds. The molecule has 2 heteroatoms. The van der Waals surface area contributed by atoms with E-state index in [1.165, 1.54) is 57.8 Å². The summed E-state index contributed by atoms with van der Waals surface area (Å²) < 4.78 is 0. The molecule has 2 unspecified atom stereocenters. The van der Waals surface area contributed by atoms with Crippen LogP contribution in [0.3, 0.4) is 0 Å². The van der Waals surface area contributed by atoms with Crippen molar-refractivity contribution in [3.8, 4) is 0 Å². The molecular formula is C21H34O2. The van der Waals surface area contributed by atoms with Crippen molar-refractivity contribution in [2.75, 3.05) is 0 Å². The Kier molecular flexibility index (Phi) is 3.91. The van der Waals surface area contributed by atoms with Crippen LogP contribution < -0.4 is 0 Å². The molecule has 4 aliphatic rings. The molecule has 1 N–H and O–H groups in total. The summed E-state index contributed by atoms with van der Waals surface area (Å²) in [6.07, 6.45) is 13.6. The first-order valence-electron chi connectivity index (χ1n) is 10.1. The van der Waals surface area contributed by atoms with Gasteiger partial charge in [-0.05, 0) is 91.8 Å². The molecule has 130 valence electrons. The summed E-state index contributed by atoms with van der Waals surface area (Å²) in [7, 11) is 0. The Hall–Kier alpha value is -0.370. The van der Waals surface area contributed by atoms with Crippen LogP contribution >= 0.6 is 0 Å². The summed E-state index contributed by atoms with van der Waals surface area (Å²) in [5, 5.41) is 10.2. The van der Waals surface area contributed by atoms with Crippen molar-refractivity contribution >= 4 is 6.29 Å². The van der Waals surface area contributed by atoms with Crippen LogP contribution in [0.5, 0.6) is 0 Å². The van der Waals surface area contributed by atoms with Crippen LogP contribution in [0.15, 0.2) is 0 Å². The Morgan fingerprint density at radius 2 is 1.70 bits per heavy atom. The summed E-state index contributed by atoms with van der Waals surface area (Å²) in [5.41, 5.74) is 0.795. The van der Waals surface area contributed by atoms with E-state index in [9.17, 15) is 9.90 Å². The van der Waals surface area contributed by atoms with E-state index in [1.807, 2.05) is 0 Å². The lowest BCUT2D eigenvalue weighted by Gasteiger charge is -2.60. The van der Waals surface area contributed by atoms with Crippen LogP contribution in [0.25, 0.3) is 0 Å². The molecule has 0 heterocycles. The van der Waals surface area contributed by atoms with Crippen LogP contribution in [-0.4, -0.2) is 17.5 Å². The highest BCUT2D eigenvalue weighted by atomic mass is 16.3. The quantitative estimate of drug-likeness (QED) is 0.756. The van der Waals surface area contributed by atoms with Crippen LogP contribution in [0, 0.1) is 40.4 Å². The molecule has 2 nitrogen and oxygen atoms in total. The molecule has 0 spiro atoms. The number of hydrogen-bond donors (Lipinski definition) is 1. The summed E-state index contributed by atoms with van der Waals surface area (Å²) in [5.74, 6) is 3.70. The lowest BCUT2D eigenvalue weighted by atomic mass is 9.45. The van der Waals surface area contributed by atoms with Crippen molar-refractivity contribution in [2.24, 2.45) is 40.4 Å². The fourth-order valence-electron chi connectivity index (χ4n) is 7.99. The summed E-state index contributed by atoms with van der Waals surface area (Å²) in [6, 6.07) is 0. The number of fused-ring (bicyclic) bond motifs is 5. The van der Waals surface area contributed by atoms with Gasteiger partial charge in [0.25, 0.3) is 0 Å². The van der Waals surface area contributed by atoms with Gasteiger partial charge in [0, 0.05) is 0 Å². The molecule has 0 bridgehead atoms. The zero-order chi connectivity index (χ0) is 16.2. The van der Waals surface area contributed by atoms with Crippen LogP contribution in [0.1, 0.15) is 78.1 Å². The normalized spacial score (nSPS) is 53.8. The Balaban J connectivity index is 1.61. The third kappa shape index (κ3) is 2.19. The minimum Gasteiger partial charge on any atom is -0.385 e. The predicted octanol–water partition coefficient (Wildman–Crippen LogP) is 4.60. The second kappa shape index (κ2) is 5.58. The molecule has 0 aromatic carbocycles. The molecule has 4 rings (SSSR count). The van der Waals surface area contributed by atoms with E-state index < -0.39 is 6.10 Å². The fourth-order valence-corrected chi connectivity index (χ4v) is 7.99. The van der Waals surface area contributed by atoms with E-state index in [0.717, 1.165) is 36.4 Å². The van der Waals surface area contributed by atoms with Crippen molar-refractivity contribution in [2.45, 2.75) is 84.2 Å². The maximum atomic E-state index is 11.2. The summed E-state index contributed by atoms with van der Waals surface area (Å²) >= 11 is 0. The first-order valence-corrected chi connectivity index (χ1v) is 10.1. The number of hydrogen-bond acceptors (Lipinski definition) is 2. The standard InChI is InChI=1S/C21H34O2/c1-20-11-4-3-5-14(20)6-7-15-16-8-9-18(19(23)13-22)21(16,2)12-10-17(15)20/h13-19,23H,3-12H2,1-2H3/t14?,15-,16-,17-,18+,19?,20-,21-/m0/s1. The molecule has 0 aromatic heterocycles. The molecule has 4 saturated carbocycles. The molecule has 8 atom stereocenters. The van der Waals surface area contributed by atoms with E-state index in [0.29, 0.717) is 5.41 Å². The number of carbonyl (C=O) groups excluding carboxylic acids is 1. The van der Waals surface area contributed by atoms with Crippen LogP contribution in [0.4, 0.5) is 0 Å². The molecule has 4 fully saturated rings. The second-order valence-electron chi connectivity index (χ2n) is 9.76. The Labute approximate surface area is 141 Å². The highest BCUT2D eigenvalue weighted by Gasteiger charge is 2.60. The highest BCUT2D eigenvalue weighted by Crippen LogP contribution is 2.67. The SMILES string of the molecule is C[C@]12CC[C@H]3[C@@H](CCC4CCCC[C@@]43C)[C@@H]1CC[C@@H]2C(O)C=O. The fraction of sp³-hybridized carbons (Fsp3) is 0.952. The van der Waals surface area contributed by atoms with Gasteiger partial charge in [0.1, 0.15) is 12.4 Å². The van der Waals surface area contributed by atoms with Gasteiger partial charge in [-0.25, -0.2) is 0 Å². The molecule has 23 heavy (non-hydrogen) atoms. The maximum Gasteiger partial charge on any atom is 0.148 e. The van der Waals surface area contributed by atoms with Gasteiger partial charge >= 0.3 is 0 Å². The van der Waals surface area contributed by atoms with Crippen LogP contribution in [-0.2, 0) is 4.79 Å². The minimum absolute atomic E-state index is 0.208. The summed E-state index contributed by atoms with van der Waals surface area (Å²) in [6.45, 7) is 5.01. The maximum absolute atomic E-state index is 11.2. The van der Waals surface area contributed by atoms with E-state index >= 15 is 0 Å². The van der Waals surface area contributed by atoms with E-state index in [-0.39, 0.29) is 11.3 Å². The smallest absolute Gasteiger partial charge is 0.148 e. The van der Waals surface area contributed by atoms with Crippen molar-refractivity contribution in [1.29, 1.82) is 0 Å². The van der Waals surface area contributed by atoms with Crippen molar-refractivity contribution in [1.82, 2.24) is 0 Å². The Morgan fingerprint density at radius 1 is 0.913 bits per heavy atom. The number of aliphatic hydroxyl groups is 1. The first kappa shape index (κ1) is 16.1. The minimum atomic E-state index is -0.733. The zero-order valence-corrected chi connectivity index (χ0v) is 15.0. The average Bonchev–Trinajstić information content (AvgIpc) is 2.91. The molecule has 0 aromatic rings. The second-order valence-corrected chi connectivity index (χ2v) is 9.76. The largest absolute Gasteiger partial charge is 0.385 e. The Morgan fingerprint density at radius 3 is 2.48 bits per heavy atom. The predicted molar refractivity (Wildman–Crippen MR) is 91.9 cm³/mol. The number of rotatable bonds is 2. The van der Waals surface area contributed by atoms with E-state index in [4.69, 9.17) is 0 Å². The van der Waals surface area contributed by atoms with Gasteiger partial charge in [-0.1, -0.05) is 26.7 Å². The molecular weight excluding hydrogens is 284 g/mol. The van der Waals surface area contributed by atoms with Crippen molar-refractivity contribution < 1.29 is 9.90 Å². The first-order chi connectivity index (χ1) is 11.0. The van der Waals surface area contributed by atoms with Crippen molar-refractivity contribution in [3.05, 3.63) is 0 Å². The summed E-state index contributed by atoms with van der Waals surface area (Å²) in [4.78, 5) is 11.2. The topological polar surface area (TPSA) is 37.3 Å². The van der Waals surface area contributed by atoms with E-state index in [1.54, 1.807) is 0 Å².